The molecule has 0 radical (unpaired) electrons. The summed E-state index contributed by atoms with van der Waals surface area (Å²) < 4.78 is 16.8. The molecule has 6 heteroatoms. The molecule has 0 aromatic carbocycles. The fourth-order valence-corrected chi connectivity index (χ4v) is 10.4. The van der Waals surface area contributed by atoms with Gasteiger partial charge in [0.1, 0.15) is 13.2 Å². The van der Waals surface area contributed by atoms with Crippen LogP contribution in [0.25, 0.3) is 0 Å². The third-order valence-corrected chi connectivity index (χ3v) is 15.5. The van der Waals surface area contributed by atoms with Crippen molar-refractivity contribution in [2.24, 2.45) is 0 Å². The second-order valence-corrected chi connectivity index (χ2v) is 23.1. The highest BCUT2D eigenvalue weighted by molar-refractivity contribution is 5.71. The van der Waals surface area contributed by atoms with Gasteiger partial charge in [-0.3, -0.25) is 14.4 Å². The van der Waals surface area contributed by atoms with E-state index < -0.39 is 6.10 Å². The first kappa shape index (κ1) is 72.9. The van der Waals surface area contributed by atoms with E-state index in [4.69, 9.17) is 14.2 Å². The van der Waals surface area contributed by atoms with Gasteiger partial charge in [-0.15, -0.1) is 0 Å². The third kappa shape index (κ3) is 62.6. The number of hydrogen-bond acceptors (Lipinski definition) is 6. The van der Waals surface area contributed by atoms with Crippen LogP contribution in [0.5, 0.6) is 0 Å². The number of allylic oxidation sites excluding steroid dienone is 4. The Kier molecular flexibility index (Phi) is 62.6. The predicted molar refractivity (Wildman–Crippen MR) is 326 cm³/mol. The molecule has 1 atom stereocenters. The molecule has 0 aliphatic carbocycles. The van der Waals surface area contributed by atoms with E-state index in [2.05, 4.69) is 45.1 Å². The van der Waals surface area contributed by atoms with Crippen molar-refractivity contribution in [2.75, 3.05) is 13.2 Å². The van der Waals surface area contributed by atoms with Crippen molar-refractivity contribution in [3.63, 3.8) is 0 Å². The quantitative estimate of drug-likeness (QED) is 0.0261. The number of esters is 3. The van der Waals surface area contributed by atoms with Gasteiger partial charge in [-0.05, 0) is 51.4 Å². The monoisotopic (exact) mass is 1050 g/mol. The number of rotatable bonds is 63. The van der Waals surface area contributed by atoms with Gasteiger partial charge in [-0.1, -0.05) is 334 Å². The highest BCUT2D eigenvalue weighted by Gasteiger charge is 2.19. The van der Waals surface area contributed by atoms with Crippen molar-refractivity contribution < 1.29 is 28.6 Å². The minimum absolute atomic E-state index is 0.0696. The van der Waals surface area contributed by atoms with Crippen LogP contribution >= 0.6 is 0 Å². The van der Waals surface area contributed by atoms with Crippen LogP contribution in [0.4, 0.5) is 0 Å². The third-order valence-electron chi connectivity index (χ3n) is 15.5. The summed E-state index contributed by atoms with van der Waals surface area (Å²) in [5, 5.41) is 0. The normalized spacial score (nSPS) is 12.1. The molecule has 6 nitrogen and oxygen atoms in total. The summed E-state index contributed by atoms with van der Waals surface area (Å²) >= 11 is 0. The molecule has 442 valence electrons. The minimum atomic E-state index is -0.770. The second-order valence-electron chi connectivity index (χ2n) is 23.1. The van der Waals surface area contributed by atoms with E-state index >= 15 is 0 Å². The molecule has 0 bridgehead atoms. The van der Waals surface area contributed by atoms with E-state index in [1.54, 1.807) is 0 Å². The average Bonchev–Trinajstić information content (AvgIpc) is 3.41. The van der Waals surface area contributed by atoms with E-state index in [0.29, 0.717) is 19.3 Å². The highest BCUT2D eigenvalue weighted by atomic mass is 16.6. The zero-order chi connectivity index (χ0) is 54.3. The van der Waals surface area contributed by atoms with Crippen molar-refractivity contribution >= 4 is 17.9 Å². The van der Waals surface area contributed by atoms with Gasteiger partial charge < -0.3 is 14.2 Å². The predicted octanol–water partition coefficient (Wildman–Crippen LogP) is 23.0. The van der Waals surface area contributed by atoms with Crippen LogP contribution < -0.4 is 0 Å². The smallest absolute Gasteiger partial charge is 0.306 e. The molecule has 0 heterocycles. The van der Waals surface area contributed by atoms with Crippen LogP contribution in [0.3, 0.4) is 0 Å². The molecule has 0 N–H and O–H groups in total. The van der Waals surface area contributed by atoms with Gasteiger partial charge in [0.2, 0.25) is 0 Å². The van der Waals surface area contributed by atoms with Gasteiger partial charge in [0.05, 0.1) is 0 Å². The molecule has 0 amide bonds. The molecule has 0 fully saturated rings. The van der Waals surface area contributed by atoms with Gasteiger partial charge in [0.15, 0.2) is 6.10 Å². The van der Waals surface area contributed by atoms with Crippen LogP contribution in [0.2, 0.25) is 0 Å². The Balaban J connectivity index is 3.94. The first-order valence-corrected chi connectivity index (χ1v) is 33.8. The van der Waals surface area contributed by atoms with Crippen molar-refractivity contribution in [1.29, 1.82) is 0 Å². The molecular formula is C69H130O6. The zero-order valence-electron chi connectivity index (χ0n) is 50.8. The van der Waals surface area contributed by atoms with Crippen LogP contribution in [0.1, 0.15) is 380 Å². The lowest BCUT2D eigenvalue weighted by Crippen LogP contribution is -2.30. The Bertz CT molecular complexity index is 1210. The van der Waals surface area contributed by atoms with Crippen molar-refractivity contribution in [3.8, 4) is 0 Å². The van der Waals surface area contributed by atoms with Crippen LogP contribution in [0.15, 0.2) is 24.3 Å². The average molecular weight is 1060 g/mol. The number of unbranched alkanes of at least 4 members (excludes halogenated alkanes) is 48. The fraction of sp³-hybridized carbons (Fsp3) is 0.899. The summed E-state index contributed by atoms with van der Waals surface area (Å²) in [5.74, 6) is -0.862. The summed E-state index contributed by atoms with van der Waals surface area (Å²) in [7, 11) is 0. The molecule has 0 saturated heterocycles. The van der Waals surface area contributed by atoms with Crippen molar-refractivity contribution in [3.05, 3.63) is 24.3 Å². The summed E-state index contributed by atoms with van der Waals surface area (Å²) in [5.41, 5.74) is 0. The lowest BCUT2D eigenvalue weighted by molar-refractivity contribution is -0.167. The number of ether oxygens (including phenoxy) is 3. The Morgan fingerprint density at radius 3 is 0.760 bits per heavy atom. The first-order chi connectivity index (χ1) is 37.0. The van der Waals surface area contributed by atoms with Gasteiger partial charge in [0, 0.05) is 19.3 Å². The van der Waals surface area contributed by atoms with Gasteiger partial charge >= 0.3 is 17.9 Å². The number of carbonyl (C=O) groups excluding carboxylic acids is 3. The Morgan fingerprint density at radius 2 is 0.480 bits per heavy atom. The molecule has 0 saturated carbocycles. The standard InChI is InChI=1S/C69H130O6/c1-4-7-10-13-16-18-20-22-24-26-27-28-29-30-31-32-33-34-35-36-37-38-39-40-41-43-44-46-48-50-53-56-59-62-68(71)74-65-66(64-73-67(70)61-58-55-52-15-12-9-6-3)75-69(72)63-60-57-54-51-49-47-45-42-25-23-21-19-17-14-11-8-5-2/h17,19,23,25,66H,4-16,18,20-22,24,26-65H2,1-3H3/b19-17-,25-23-. The summed E-state index contributed by atoms with van der Waals surface area (Å²) in [6, 6.07) is 0. The largest absolute Gasteiger partial charge is 0.462 e. The van der Waals surface area contributed by atoms with E-state index in [1.165, 1.54) is 270 Å². The topological polar surface area (TPSA) is 78.9 Å². The van der Waals surface area contributed by atoms with Crippen molar-refractivity contribution in [1.82, 2.24) is 0 Å². The molecule has 0 spiro atoms. The van der Waals surface area contributed by atoms with Crippen LogP contribution in [0, 0.1) is 0 Å². The highest BCUT2D eigenvalue weighted by Crippen LogP contribution is 2.19. The maximum Gasteiger partial charge on any atom is 0.306 e. The van der Waals surface area contributed by atoms with Crippen LogP contribution in [-0.4, -0.2) is 37.2 Å². The van der Waals surface area contributed by atoms with E-state index in [9.17, 15) is 14.4 Å². The maximum absolute atomic E-state index is 12.8. The van der Waals surface area contributed by atoms with Crippen LogP contribution in [-0.2, 0) is 28.6 Å². The molecular weight excluding hydrogens is 925 g/mol. The van der Waals surface area contributed by atoms with Gasteiger partial charge in [0.25, 0.3) is 0 Å². The maximum atomic E-state index is 12.8. The Labute approximate surface area is 468 Å². The van der Waals surface area contributed by atoms with Gasteiger partial charge in [-0.2, -0.15) is 0 Å². The zero-order valence-corrected chi connectivity index (χ0v) is 50.8. The SMILES string of the molecule is CCCCC/C=C\C/C=C\CCCCCCCCCC(=O)OC(COC(=O)CCCCCCCCC)COC(=O)CCCCCCCCCCCCCCCCCCCCCCCCCCCCCCCCCCC. The summed E-state index contributed by atoms with van der Waals surface area (Å²) in [6.45, 7) is 6.63. The Hall–Kier alpha value is -2.11. The second kappa shape index (κ2) is 64.4. The number of carbonyl (C=O) groups is 3. The van der Waals surface area contributed by atoms with E-state index in [0.717, 1.165) is 70.6 Å². The summed E-state index contributed by atoms with van der Waals surface area (Å²) in [6.07, 6.45) is 78.2. The molecule has 0 aromatic rings. The first-order valence-electron chi connectivity index (χ1n) is 33.8. The van der Waals surface area contributed by atoms with Crippen molar-refractivity contribution in [2.45, 2.75) is 386 Å². The molecule has 0 aliphatic heterocycles. The summed E-state index contributed by atoms with van der Waals surface area (Å²) in [4.78, 5) is 38.0. The fourth-order valence-electron chi connectivity index (χ4n) is 10.4. The molecule has 0 aliphatic rings. The molecule has 0 rings (SSSR count). The molecule has 1 unspecified atom stereocenters. The van der Waals surface area contributed by atoms with Gasteiger partial charge in [-0.25, -0.2) is 0 Å². The molecule has 0 aromatic heterocycles. The lowest BCUT2D eigenvalue weighted by Gasteiger charge is -2.18. The minimum Gasteiger partial charge on any atom is -0.462 e. The van der Waals surface area contributed by atoms with E-state index in [-0.39, 0.29) is 31.1 Å². The lowest BCUT2D eigenvalue weighted by atomic mass is 10.0. The number of hydrogen-bond donors (Lipinski definition) is 0. The Morgan fingerprint density at radius 1 is 0.267 bits per heavy atom. The molecule has 75 heavy (non-hydrogen) atoms. The van der Waals surface area contributed by atoms with E-state index in [1.807, 2.05) is 0 Å².